The smallest absolute Gasteiger partial charge is 0.345 e. The van der Waals surface area contributed by atoms with Gasteiger partial charge in [0.15, 0.2) is 6.10 Å². The Hall–Kier alpha value is -2.49. The van der Waals surface area contributed by atoms with E-state index in [1.807, 2.05) is 32.0 Å². The van der Waals surface area contributed by atoms with Gasteiger partial charge in [-0.2, -0.15) is 0 Å². The van der Waals surface area contributed by atoms with Crippen molar-refractivity contribution in [3.63, 3.8) is 0 Å². The van der Waals surface area contributed by atoms with Crippen LogP contribution in [0.25, 0.3) is 0 Å². The van der Waals surface area contributed by atoms with Crippen molar-refractivity contribution in [1.82, 2.24) is 0 Å². The van der Waals surface area contributed by atoms with Gasteiger partial charge in [0, 0.05) is 6.42 Å². The number of methoxy groups -OCH3 is 1. The van der Waals surface area contributed by atoms with Crippen LogP contribution in [0.5, 0.6) is 11.5 Å². The molecule has 0 fully saturated rings. The predicted molar refractivity (Wildman–Crippen MR) is 84.7 cm³/mol. The first-order chi connectivity index (χ1) is 10.5. The molecule has 0 saturated carbocycles. The van der Waals surface area contributed by atoms with E-state index < -0.39 is 12.1 Å². The summed E-state index contributed by atoms with van der Waals surface area (Å²) < 4.78 is 10.7. The maximum absolute atomic E-state index is 11.5. The number of aryl methyl sites for hydroxylation is 1. The van der Waals surface area contributed by atoms with E-state index in [0.29, 0.717) is 17.9 Å². The summed E-state index contributed by atoms with van der Waals surface area (Å²) in [6.07, 6.45) is -0.594. The molecular formula is C18H20O4. The lowest BCUT2D eigenvalue weighted by molar-refractivity contribution is -0.145. The lowest BCUT2D eigenvalue weighted by atomic mass is 9.98. The first kappa shape index (κ1) is 15.9. The van der Waals surface area contributed by atoms with Crippen molar-refractivity contribution in [1.29, 1.82) is 0 Å². The molecule has 0 aliphatic carbocycles. The van der Waals surface area contributed by atoms with Crippen LogP contribution in [0.4, 0.5) is 0 Å². The van der Waals surface area contributed by atoms with E-state index in [1.165, 1.54) is 0 Å². The largest absolute Gasteiger partial charge is 0.497 e. The van der Waals surface area contributed by atoms with Crippen LogP contribution < -0.4 is 9.47 Å². The van der Waals surface area contributed by atoms with E-state index in [9.17, 15) is 9.90 Å². The number of hydrogen-bond donors (Lipinski definition) is 1. The fraction of sp³-hybridized carbons (Fsp3) is 0.278. The molecule has 0 aromatic heterocycles. The zero-order valence-electron chi connectivity index (χ0n) is 13.0. The predicted octanol–water partition coefficient (Wildman–Crippen LogP) is 3.39. The average Bonchev–Trinajstić information content (AvgIpc) is 2.51. The number of carboxylic acid groups (broad SMARTS) is 1. The van der Waals surface area contributed by atoms with Gasteiger partial charge in [0.05, 0.1) is 7.11 Å². The molecule has 22 heavy (non-hydrogen) atoms. The Morgan fingerprint density at radius 2 is 1.73 bits per heavy atom. The van der Waals surface area contributed by atoms with Gasteiger partial charge in [0.2, 0.25) is 0 Å². The third kappa shape index (κ3) is 3.79. The summed E-state index contributed by atoms with van der Waals surface area (Å²) >= 11 is 0. The molecule has 0 aliphatic heterocycles. The summed E-state index contributed by atoms with van der Waals surface area (Å²) in [6, 6.07) is 12.8. The molecule has 2 rings (SSSR count). The zero-order valence-corrected chi connectivity index (χ0v) is 13.0. The number of rotatable bonds is 6. The van der Waals surface area contributed by atoms with Gasteiger partial charge >= 0.3 is 5.97 Å². The lowest BCUT2D eigenvalue weighted by Crippen LogP contribution is -2.29. The van der Waals surface area contributed by atoms with Crippen LogP contribution in [0.1, 0.15) is 16.7 Å². The van der Waals surface area contributed by atoms with Gasteiger partial charge in [-0.3, -0.25) is 0 Å². The Bertz CT molecular complexity index is 647. The van der Waals surface area contributed by atoms with Crippen LogP contribution in [0.15, 0.2) is 42.5 Å². The quantitative estimate of drug-likeness (QED) is 0.888. The van der Waals surface area contributed by atoms with Gasteiger partial charge in [-0.15, -0.1) is 0 Å². The maximum Gasteiger partial charge on any atom is 0.345 e. The van der Waals surface area contributed by atoms with Gasteiger partial charge in [0.1, 0.15) is 11.5 Å². The van der Waals surface area contributed by atoms with Gasteiger partial charge in [0.25, 0.3) is 0 Å². The van der Waals surface area contributed by atoms with E-state index in [0.717, 1.165) is 16.7 Å². The Kier molecular flexibility index (Phi) is 5.04. The van der Waals surface area contributed by atoms with Crippen LogP contribution >= 0.6 is 0 Å². The zero-order chi connectivity index (χ0) is 16.1. The second kappa shape index (κ2) is 6.98. The van der Waals surface area contributed by atoms with E-state index >= 15 is 0 Å². The Labute approximate surface area is 130 Å². The molecule has 0 bridgehead atoms. The van der Waals surface area contributed by atoms with E-state index in [1.54, 1.807) is 31.4 Å². The summed E-state index contributed by atoms with van der Waals surface area (Å²) in [7, 11) is 1.58. The minimum atomic E-state index is -0.975. The van der Waals surface area contributed by atoms with Crippen molar-refractivity contribution in [3.05, 3.63) is 59.2 Å². The van der Waals surface area contributed by atoms with Crippen LogP contribution in [-0.2, 0) is 11.2 Å². The van der Waals surface area contributed by atoms with Crippen LogP contribution in [0.2, 0.25) is 0 Å². The molecule has 0 saturated heterocycles. The highest BCUT2D eigenvalue weighted by molar-refractivity contribution is 5.73. The van der Waals surface area contributed by atoms with Crippen LogP contribution in [0, 0.1) is 13.8 Å². The number of carboxylic acids is 1. The monoisotopic (exact) mass is 300 g/mol. The summed E-state index contributed by atoms with van der Waals surface area (Å²) in [4.78, 5) is 11.5. The van der Waals surface area contributed by atoms with Crippen molar-refractivity contribution in [2.75, 3.05) is 7.11 Å². The second-order valence-corrected chi connectivity index (χ2v) is 5.18. The van der Waals surface area contributed by atoms with Crippen molar-refractivity contribution in [2.24, 2.45) is 0 Å². The van der Waals surface area contributed by atoms with Gasteiger partial charge < -0.3 is 14.6 Å². The highest BCUT2D eigenvalue weighted by Gasteiger charge is 2.21. The number of hydrogen-bond acceptors (Lipinski definition) is 3. The van der Waals surface area contributed by atoms with Gasteiger partial charge in [-0.05, 0) is 54.8 Å². The van der Waals surface area contributed by atoms with Crippen molar-refractivity contribution in [2.45, 2.75) is 26.4 Å². The summed E-state index contributed by atoms with van der Waals surface area (Å²) in [5, 5.41) is 9.41. The van der Waals surface area contributed by atoms with Gasteiger partial charge in [-0.1, -0.05) is 18.2 Å². The molecule has 116 valence electrons. The Balaban J connectivity index is 2.16. The number of ether oxygens (including phenoxy) is 2. The van der Waals surface area contributed by atoms with Crippen LogP contribution in [-0.4, -0.2) is 24.3 Å². The summed E-state index contributed by atoms with van der Waals surface area (Å²) in [6.45, 7) is 4.01. The molecule has 1 N–H and O–H groups in total. The van der Waals surface area contributed by atoms with E-state index in [4.69, 9.17) is 9.47 Å². The first-order valence-electron chi connectivity index (χ1n) is 7.10. The minimum absolute atomic E-state index is 0.328. The molecular weight excluding hydrogens is 280 g/mol. The third-order valence-corrected chi connectivity index (χ3v) is 3.74. The molecule has 4 heteroatoms. The summed E-state index contributed by atoms with van der Waals surface area (Å²) in [5.41, 5.74) is 3.24. The fourth-order valence-electron chi connectivity index (χ4n) is 2.23. The normalized spacial score (nSPS) is 11.8. The highest BCUT2D eigenvalue weighted by Crippen LogP contribution is 2.21. The molecule has 0 radical (unpaired) electrons. The Morgan fingerprint density at radius 3 is 2.32 bits per heavy atom. The van der Waals surface area contributed by atoms with Crippen molar-refractivity contribution >= 4 is 5.97 Å². The molecule has 0 heterocycles. The molecule has 0 amide bonds. The number of benzene rings is 2. The molecule has 2 aromatic carbocycles. The Morgan fingerprint density at radius 1 is 1.09 bits per heavy atom. The minimum Gasteiger partial charge on any atom is -0.497 e. The van der Waals surface area contributed by atoms with Crippen molar-refractivity contribution in [3.8, 4) is 11.5 Å². The van der Waals surface area contributed by atoms with Crippen LogP contribution in [0.3, 0.4) is 0 Å². The number of carbonyl (C=O) groups is 1. The second-order valence-electron chi connectivity index (χ2n) is 5.18. The first-order valence-corrected chi connectivity index (χ1v) is 7.10. The molecule has 0 spiro atoms. The molecule has 1 atom stereocenters. The van der Waals surface area contributed by atoms with E-state index in [2.05, 4.69) is 0 Å². The molecule has 2 aromatic rings. The number of aliphatic carboxylic acids is 1. The SMILES string of the molecule is COc1ccc(O[C@@H](Cc2cccc(C)c2C)C(=O)O)cc1. The summed E-state index contributed by atoms with van der Waals surface area (Å²) in [5.74, 6) is 0.240. The topological polar surface area (TPSA) is 55.8 Å². The van der Waals surface area contributed by atoms with Crippen molar-refractivity contribution < 1.29 is 19.4 Å². The highest BCUT2D eigenvalue weighted by atomic mass is 16.5. The maximum atomic E-state index is 11.5. The third-order valence-electron chi connectivity index (χ3n) is 3.74. The molecule has 0 unspecified atom stereocenters. The van der Waals surface area contributed by atoms with Gasteiger partial charge in [-0.25, -0.2) is 4.79 Å². The molecule has 4 nitrogen and oxygen atoms in total. The lowest BCUT2D eigenvalue weighted by Gasteiger charge is -2.17. The standard InChI is InChI=1S/C18H20O4/c1-12-5-4-6-14(13(12)2)11-17(18(19)20)22-16-9-7-15(21-3)8-10-16/h4-10,17H,11H2,1-3H3,(H,19,20)/t17-/m0/s1. The molecule has 0 aliphatic rings. The fourth-order valence-corrected chi connectivity index (χ4v) is 2.23. The average molecular weight is 300 g/mol. The van der Waals surface area contributed by atoms with E-state index in [-0.39, 0.29) is 0 Å².